The molecule has 12 unspecified atom stereocenters. The van der Waals surface area contributed by atoms with E-state index in [1.165, 1.54) is 122 Å². The third-order valence-corrected chi connectivity index (χ3v) is 16.1. The summed E-state index contributed by atoms with van der Waals surface area (Å²) in [5, 5.41) is 87.2. The number of carbonyl (C=O) groups is 1. The van der Waals surface area contributed by atoms with Crippen molar-refractivity contribution in [3.05, 3.63) is 122 Å². The van der Waals surface area contributed by atoms with E-state index in [4.69, 9.17) is 18.9 Å². The maximum Gasteiger partial charge on any atom is 0.220 e. The molecule has 0 radical (unpaired) electrons. The highest BCUT2D eigenvalue weighted by Crippen LogP contribution is 2.30. The molecule has 88 heavy (non-hydrogen) atoms. The molecule has 0 saturated carbocycles. The summed E-state index contributed by atoms with van der Waals surface area (Å²) >= 11 is 0. The SMILES string of the molecule is CC/C=C\C/C=C\C/C=C\C/C=C\C/C=C\C/C=C\C/C=C\C/C=C\CCCCCCCCCCCCCCCCC(=O)NC(COC1OC(CO)C(OC2OC(CO)C(O)C(O)C2O)C(O)C1O)C(O)/C=C/CC/C=C/CCCCCCCCCCC. The van der Waals surface area contributed by atoms with Crippen LogP contribution in [0.25, 0.3) is 0 Å². The van der Waals surface area contributed by atoms with Crippen molar-refractivity contribution < 1.29 is 64.6 Å². The summed E-state index contributed by atoms with van der Waals surface area (Å²) in [5.74, 6) is -0.254. The molecular formula is C74H125NO13. The Morgan fingerprint density at radius 2 is 0.795 bits per heavy atom. The van der Waals surface area contributed by atoms with Gasteiger partial charge in [-0.3, -0.25) is 4.79 Å². The fraction of sp³-hybridized carbons (Fsp3) is 0.716. The Hall–Kier alpha value is -3.61. The van der Waals surface area contributed by atoms with E-state index >= 15 is 0 Å². The van der Waals surface area contributed by atoms with Crippen molar-refractivity contribution in [2.24, 2.45) is 0 Å². The zero-order valence-electron chi connectivity index (χ0n) is 54.7. The van der Waals surface area contributed by atoms with Crippen LogP contribution in [0.3, 0.4) is 0 Å². The van der Waals surface area contributed by atoms with Gasteiger partial charge >= 0.3 is 0 Å². The first-order valence-corrected chi connectivity index (χ1v) is 34.8. The van der Waals surface area contributed by atoms with Crippen LogP contribution >= 0.6 is 0 Å². The van der Waals surface area contributed by atoms with Crippen LogP contribution in [0.4, 0.5) is 0 Å². The highest BCUT2D eigenvalue weighted by molar-refractivity contribution is 5.76. The highest BCUT2D eigenvalue weighted by atomic mass is 16.7. The van der Waals surface area contributed by atoms with Crippen LogP contribution in [0.5, 0.6) is 0 Å². The van der Waals surface area contributed by atoms with E-state index in [9.17, 15) is 45.6 Å². The van der Waals surface area contributed by atoms with Crippen LogP contribution in [0.1, 0.15) is 245 Å². The number of aliphatic hydroxyl groups excluding tert-OH is 8. The normalized spacial score (nSPS) is 23.9. The van der Waals surface area contributed by atoms with Gasteiger partial charge in [-0.2, -0.15) is 0 Å². The first kappa shape index (κ1) is 80.5. The van der Waals surface area contributed by atoms with E-state index < -0.39 is 86.8 Å². The molecule has 0 aliphatic carbocycles. The molecule has 0 bridgehead atoms. The summed E-state index contributed by atoms with van der Waals surface area (Å²) in [7, 11) is 0. The minimum absolute atomic E-state index is 0.254. The Bertz CT molecular complexity index is 1940. The molecule has 2 heterocycles. The average molecular weight is 1240 g/mol. The second kappa shape index (κ2) is 57.3. The number of amides is 1. The Morgan fingerprint density at radius 3 is 1.25 bits per heavy atom. The second-order valence-corrected chi connectivity index (χ2v) is 23.9. The van der Waals surface area contributed by atoms with Crippen molar-refractivity contribution in [3.8, 4) is 0 Å². The molecule has 0 aromatic heterocycles. The van der Waals surface area contributed by atoms with Gasteiger partial charge in [-0.05, 0) is 96.3 Å². The Kier molecular flexibility index (Phi) is 52.4. The molecule has 0 aromatic rings. The molecular weight excluding hydrogens is 1110 g/mol. The molecule has 14 nitrogen and oxygen atoms in total. The molecule has 2 saturated heterocycles. The number of rotatable bonds is 55. The van der Waals surface area contributed by atoms with Crippen LogP contribution in [0.15, 0.2) is 122 Å². The number of nitrogens with one attached hydrogen (secondary N) is 1. The van der Waals surface area contributed by atoms with E-state index in [1.807, 2.05) is 6.08 Å². The molecule has 2 aliphatic heterocycles. The van der Waals surface area contributed by atoms with E-state index in [1.54, 1.807) is 6.08 Å². The summed E-state index contributed by atoms with van der Waals surface area (Å²) in [4.78, 5) is 13.3. The standard InChI is InChI=1S/C74H125NO13/c1-3-5-7-9-11-13-15-17-19-20-21-22-23-24-25-26-27-28-29-30-31-32-33-34-35-36-37-38-39-40-41-42-44-46-48-50-52-54-56-58-66(79)75-62(63(78)57-55-53-51-49-47-45-43-18-16-14-12-10-8-6-4-2)61-85-73-71(84)69(82)72(65(60-77)87-73)88-74-70(83)68(81)67(80)64(59-76)86-74/h5,7,11,13,17,19,21-22,24-25,27-28,30-31,33-34,47,49,55,57,62-65,67-74,76-78,80-84H,3-4,6,8-10,12,14-16,18,20,23,26,29,32,35-46,48,50-54,56,58-61H2,1-2H3,(H,75,79)/b7-5-,13-11-,19-17-,22-21-,25-24-,28-27-,31-30-,34-33-,49-47+,57-55+. The third-order valence-electron chi connectivity index (χ3n) is 16.1. The lowest BCUT2D eigenvalue weighted by molar-refractivity contribution is -0.359. The van der Waals surface area contributed by atoms with Crippen molar-refractivity contribution in [1.82, 2.24) is 5.32 Å². The molecule has 14 heteroatoms. The monoisotopic (exact) mass is 1240 g/mol. The van der Waals surface area contributed by atoms with E-state index in [0.717, 1.165) is 89.9 Å². The summed E-state index contributed by atoms with van der Waals surface area (Å²) in [5.41, 5.74) is 0. The largest absolute Gasteiger partial charge is 0.394 e. The Morgan fingerprint density at radius 1 is 0.420 bits per heavy atom. The van der Waals surface area contributed by atoms with Gasteiger partial charge in [-0.15, -0.1) is 0 Å². The first-order chi connectivity index (χ1) is 43.1. The van der Waals surface area contributed by atoms with Crippen molar-refractivity contribution in [2.75, 3.05) is 19.8 Å². The lowest BCUT2D eigenvalue weighted by atomic mass is 9.97. The molecule has 0 aromatic carbocycles. The van der Waals surface area contributed by atoms with Gasteiger partial charge in [0.1, 0.15) is 48.8 Å². The van der Waals surface area contributed by atoms with Gasteiger partial charge in [0, 0.05) is 6.42 Å². The zero-order chi connectivity index (χ0) is 63.8. The van der Waals surface area contributed by atoms with Crippen molar-refractivity contribution in [3.63, 3.8) is 0 Å². The fourth-order valence-corrected chi connectivity index (χ4v) is 10.6. The number of carbonyl (C=O) groups excluding carboxylic acids is 1. The van der Waals surface area contributed by atoms with Gasteiger partial charge < -0.3 is 65.1 Å². The van der Waals surface area contributed by atoms with Gasteiger partial charge in [-0.1, -0.05) is 264 Å². The number of ether oxygens (including phenoxy) is 4. The quantitative estimate of drug-likeness (QED) is 0.0204. The summed E-state index contributed by atoms with van der Waals surface area (Å²) < 4.78 is 22.8. The highest BCUT2D eigenvalue weighted by Gasteiger charge is 2.51. The molecule has 0 spiro atoms. The molecule has 2 fully saturated rings. The zero-order valence-corrected chi connectivity index (χ0v) is 54.7. The van der Waals surface area contributed by atoms with Crippen LogP contribution in [-0.2, 0) is 23.7 Å². The van der Waals surface area contributed by atoms with Crippen LogP contribution < -0.4 is 5.32 Å². The van der Waals surface area contributed by atoms with Gasteiger partial charge in [0.15, 0.2) is 12.6 Å². The molecule has 12 atom stereocenters. The maximum absolute atomic E-state index is 13.3. The number of hydrogen-bond acceptors (Lipinski definition) is 13. The van der Waals surface area contributed by atoms with Gasteiger partial charge in [-0.25, -0.2) is 0 Å². The smallest absolute Gasteiger partial charge is 0.220 e. The van der Waals surface area contributed by atoms with Crippen LogP contribution in [0, 0.1) is 0 Å². The Balaban J connectivity index is 1.62. The van der Waals surface area contributed by atoms with E-state index in [2.05, 4.69) is 129 Å². The van der Waals surface area contributed by atoms with Gasteiger partial charge in [0.25, 0.3) is 0 Å². The summed E-state index contributed by atoms with van der Waals surface area (Å²) in [6, 6.07) is -0.938. The fourth-order valence-electron chi connectivity index (χ4n) is 10.6. The van der Waals surface area contributed by atoms with Gasteiger partial charge in [0.05, 0.1) is 32.0 Å². The second-order valence-electron chi connectivity index (χ2n) is 23.9. The number of allylic oxidation sites excluding steroid dienone is 19. The van der Waals surface area contributed by atoms with Crippen molar-refractivity contribution in [2.45, 2.75) is 319 Å². The third kappa shape index (κ3) is 41.0. The number of unbranched alkanes of at least 4 members (excludes halogenated alkanes) is 24. The molecule has 2 aliphatic rings. The molecule has 1 amide bonds. The predicted molar refractivity (Wildman–Crippen MR) is 359 cm³/mol. The number of hydrogen-bond donors (Lipinski definition) is 9. The van der Waals surface area contributed by atoms with Crippen molar-refractivity contribution in [1.29, 1.82) is 0 Å². The molecule has 504 valence electrons. The average Bonchev–Trinajstić information content (AvgIpc) is 2.99. The minimum Gasteiger partial charge on any atom is -0.394 e. The van der Waals surface area contributed by atoms with E-state index in [-0.39, 0.29) is 18.9 Å². The lowest BCUT2D eigenvalue weighted by Crippen LogP contribution is -2.65. The number of aliphatic hydroxyl groups is 8. The summed E-state index contributed by atoms with van der Waals surface area (Å²) in [6.45, 7) is 2.66. The first-order valence-electron chi connectivity index (χ1n) is 34.8. The van der Waals surface area contributed by atoms with E-state index in [0.29, 0.717) is 12.8 Å². The van der Waals surface area contributed by atoms with Crippen molar-refractivity contribution >= 4 is 5.91 Å². The van der Waals surface area contributed by atoms with Gasteiger partial charge in [0.2, 0.25) is 5.91 Å². The molecule has 2 rings (SSSR count). The summed E-state index contributed by atoms with van der Waals surface area (Å²) in [6.07, 6.45) is 66.9. The van der Waals surface area contributed by atoms with Crippen LogP contribution in [-0.4, -0.2) is 140 Å². The van der Waals surface area contributed by atoms with Crippen LogP contribution in [0.2, 0.25) is 0 Å². The molecule has 9 N–H and O–H groups in total. The predicted octanol–water partition coefficient (Wildman–Crippen LogP) is 14.1. The lowest BCUT2D eigenvalue weighted by Gasteiger charge is -2.46. The Labute approximate surface area is 533 Å². The topological polar surface area (TPSA) is 228 Å². The maximum atomic E-state index is 13.3. The minimum atomic E-state index is -1.80.